The van der Waals surface area contributed by atoms with Gasteiger partial charge in [0.25, 0.3) is 0 Å². The lowest BCUT2D eigenvalue weighted by Gasteiger charge is -2.06. The van der Waals surface area contributed by atoms with E-state index >= 15 is 0 Å². The molecule has 0 bridgehead atoms. The van der Waals surface area contributed by atoms with Crippen LogP contribution < -0.4 is 5.32 Å². The maximum absolute atomic E-state index is 12.1. The minimum Gasteiger partial charge on any atom is -0.359 e. The third-order valence-electron chi connectivity index (χ3n) is 4.04. The second-order valence-electron chi connectivity index (χ2n) is 6.08. The number of nitrogens with one attached hydrogen (secondary N) is 2. The van der Waals surface area contributed by atoms with Crippen LogP contribution in [-0.4, -0.2) is 16.7 Å². The minimum absolute atomic E-state index is 0.0816. The highest BCUT2D eigenvalue weighted by atomic mass is 35.5. The van der Waals surface area contributed by atoms with E-state index in [1.54, 1.807) is 24.3 Å². The molecule has 0 unspecified atom stereocenters. The monoisotopic (exact) mass is 354 g/mol. The van der Waals surface area contributed by atoms with Gasteiger partial charge in [0.05, 0.1) is 0 Å². The second-order valence-corrected chi connectivity index (χ2v) is 6.52. The summed E-state index contributed by atoms with van der Waals surface area (Å²) < 4.78 is 0. The average Bonchev–Trinajstić information content (AvgIpc) is 2.97. The van der Waals surface area contributed by atoms with Crippen LogP contribution in [0.4, 0.5) is 0 Å². The number of H-pyrrole nitrogens is 1. The van der Waals surface area contributed by atoms with Crippen molar-refractivity contribution in [2.24, 2.45) is 0 Å². The van der Waals surface area contributed by atoms with Crippen molar-refractivity contribution in [1.29, 1.82) is 0 Å². The summed E-state index contributed by atoms with van der Waals surface area (Å²) in [6.45, 7) is 2.46. The van der Waals surface area contributed by atoms with Gasteiger partial charge >= 0.3 is 0 Å². The molecule has 2 aromatic carbocycles. The van der Waals surface area contributed by atoms with E-state index in [0.717, 1.165) is 22.2 Å². The van der Waals surface area contributed by atoms with E-state index in [1.807, 2.05) is 19.1 Å². The number of carbonyl (C=O) groups excluding carboxylic acids is 2. The van der Waals surface area contributed by atoms with Gasteiger partial charge in [-0.25, -0.2) is 0 Å². The summed E-state index contributed by atoms with van der Waals surface area (Å²) >= 11 is 5.88. The van der Waals surface area contributed by atoms with Crippen LogP contribution in [0.1, 0.15) is 34.5 Å². The fraction of sp³-hybridized carbons (Fsp3) is 0.200. The summed E-state index contributed by atoms with van der Waals surface area (Å²) in [7, 11) is 0. The average molecular weight is 355 g/mol. The number of aromatic amines is 1. The molecule has 4 nitrogen and oxygen atoms in total. The van der Waals surface area contributed by atoms with E-state index in [1.165, 1.54) is 0 Å². The quantitative estimate of drug-likeness (QED) is 0.644. The van der Waals surface area contributed by atoms with E-state index in [9.17, 15) is 9.59 Å². The standard InChI is InChI=1S/C20H19ClN2O2/c1-13-9-16-10-14(5-6-18(16)23-13)12-22-20(25)8-7-19(24)15-3-2-4-17(21)11-15/h2-6,9-11,23H,7-8,12H2,1H3,(H,22,25). The van der Waals surface area contributed by atoms with Crippen LogP contribution in [-0.2, 0) is 11.3 Å². The third-order valence-corrected chi connectivity index (χ3v) is 4.27. The summed E-state index contributed by atoms with van der Waals surface area (Å²) in [5.74, 6) is -0.220. The van der Waals surface area contributed by atoms with Crippen LogP contribution in [0.25, 0.3) is 10.9 Å². The Labute approximate surface area is 151 Å². The van der Waals surface area contributed by atoms with Crippen molar-refractivity contribution in [2.75, 3.05) is 0 Å². The van der Waals surface area contributed by atoms with E-state index in [-0.39, 0.29) is 24.5 Å². The maximum atomic E-state index is 12.1. The van der Waals surface area contributed by atoms with Gasteiger partial charge in [0.15, 0.2) is 5.78 Å². The number of ketones is 1. The Kier molecular flexibility index (Phi) is 5.19. The van der Waals surface area contributed by atoms with Crippen LogP contribution in [0.5, 0.6) is 0 Å². The number of Topliss-reactive ketones (excluding diaryl/α,β-unsaturated/α-hetero) is 1. The topological polar surface area (TPSA) is 62.0 Å². The summed E-state index contributed by atoms with van der Waals surface area (Å²) in [4.78, 5) is 27.3. The lowest BCUT2D eigenvalue weighted by Crippen LogP contribution is -2.23. The van der Waals surface area contributed by atoms with Crippen LogP contribution >= 0.6 is 11.6 Å². The lowest BCUT2D eigenvalue weighted by atomic mass is 10.1. The van der Waals surface area contributed by atoms with Crippen LogP contribution in [0.3, 0.4) is 0 Å². The first-order chi connectivity index (χ1) is 12.0. The third kappa shape index (κ3) is 4.48. The molecular formula is C20H19ClN2O2. The number of halogens is 1. The first kappa shape index (κ1) is 17.2. The van der Waals surface area contributed by atoms with Crippen LogP contribution in [0.15, 0.2) is 48.5 Å². The summed E-state index contributed by atoms with van der Waals surface area (Å²) in [5.41, 5.74) is 3.75. The number of fused-ring (bicyclic) bond motifs is 1. The smallest absolute Gasteiger partial charge is 0.220 e. The summed E-state index contributed by atoms with van der Waals surface area (Å²) in [5, 5.41) is 4.51. The molecule has 0 fully saturated rings. The Balaban J connectivity index is 1.51. The van der Waals surface area contributed by atoms with Crippen molar-refractivity contribution in [3.8, 4) is 0 Å². The Morgan fingerprint density at radius 2 is 1.92 bits per heavy atom. The largest absolute Gasteiger partial charge is 0.359 e. The molecule has 1 amide bonds. The van der Waals surface area contributed by atoms with Gasteiger partial charge in [0.2, 0.25) is 5.91 Å². The molecule has 1 heterocycles. The number of hydrogen-bond donors (Lipinski definition) is 2. The predicted octanol–water partition coefficient (Wildman–Crippen LogP) is 4.41. The molecule has 0 aliphatic carbocycles. The van der Waals surface area contributed by atoms with Gasteiger partial charge in [-0.15, -0.1) is 0 Å². The maximum Gasteiger partial charge on any atom is 0.220 e. The fourth-order valence-corrected chi connectivity index (χ4v) is 2.95. The van der Waals surface area contributed by atoms with Crippen molar-refractivity contribution in [2.45, 2.75) is 26.3 Å². The number of rotatable bonds is 6. The van der Waals surface area contributed by atoms with Crippen LogP contribution in [0.2, 0.25) is 5.02 Å². The van der Waals surface area contributed by atoms with Crippen molar-refractivity contribution < 1.29 is 9.59 Å². The van der Waals surface area contributed by atoms with Crippen molar-refractivity contribution in [3.63, 3.8) is 0 Å². The van der Waals surface area contributed by atoms with Crippen molar-refractivity contribution in [3.05, 3.63) is 70.4 Å². The van der Waals surface area contributed by atoms with Gasteiger partial charge in [-0.3, -0.25) is 9.59 Å². The summed E-state index contributed by atoms with van der Waals surface area (Å²) in [6.07, 6.45) is 0.332. The zero-order valence-electron chi connectivity index (χ0n) is 13.9. The first-order valence-electron chi connectivity index (χ1n) is 8.15. The molecule has 0 aliphatic heterocycles. The Bertz CT molecular complexity index is 930. The Hall–Kier alpha value is -2.59. The fourth-order valence-electron chi connectivity index (χ4n) is 2.76. The molecule has 1 aromatic heterocycles. The normalized spacial score (nSPS) is 10.8. The highest BCUT2D eigenvalue weighted by Gasteiger charge is 2.10. The summed E-state index contributed by atoms with van der Waals surface area (Å²) in [6, 6.07) is 14.9. The molecule has 0 aliphatic rings. The molecule has 0 saturated carbocycles. The number of aryl methyl sites for hydroxylation is 1. The zero-order chi connectivity index (χ0) is 17.8. The molecule has 2 N–H and O–H groups in total. The molecule has 3 aromatic rings. The minimum atomic E-state index is -0.138. The highest BCUT2D eigenvalue weighted by molar-refractivity contribution is 6.31. The van der Waals surface area contributed by atoms with Gasteiger partial charge < -0.3 is 10.3 Å². The molecule has 0 radical (unpaired) electrons. The van der Waals surface area contributed by atoms with E-state index in [0.29, 0.717) is 17.1 Å². The zero-order valence-corrected chi connectivity index (χ0v) is 14.7. The molecule has 5 heteroatoms. The highest BCUT2D eigenvalue weighted by Crippen LogP contribution is 2.17. The van der Waals surface area contributed by atoms with E-state index < -0.39 is 0 Å². The molecular weight excluding hydrogens is 336 g/mol. The van der Waals surface area contributed by atoms with Gasteiger partial charge in [0.1, 0.15) is 0 Å². The van der Waals surface area contributed by atoms with Crippen molar-refractivity contribution in [1.82, 2.24) is 10.3 Å². The number of hydrogen-bond acceptors (Lipinski definition) is 2. The van der Waals surface area contributed by atoms with Crippen LogP contribution in [0, 0.1) is 6.92 Å². The number of amides is 1. The van der Waals surface area contributed by atoms with Crippen molar-refractivity contribution >= 4 is 34.2 Å². The molecule has 0 spiro atoms. The second kappa shape index (κ2) is 7.53. The Morgan fingerprint density at radius 1 is 1.08 bits per heavy atom. The number of carbonyl (C=O) groups is 2. The van der Waals surface area contributed by atoms with E-state index in [2.05, 4.69) is 22.4 Å². The van der Waals surface area contributed by atoms with E-state index in [4.69, 9.17) is 11.6 Å². The van der Waals surface area contributed by atoms with Gasteiger partial charge in [-0.1, -0.05) is 29.8 Å². The SMILES string of the molecule is Cc1cc2cc(CNC(=O)CCC(=O)c3cccc(Cl)c3)ccc2[nH]1. The molecule has 0 saturated heterocycles. The molecule has 3 rings (SSSR count). The molecule has 25 heavy (non-hydrogen) atoms. The number of aromatic nitrogens is 1. The van der Waals surface area contributed by atoms with Gasteiger partial charge in [-0.05, 0) is 48.2 Å². The Morgan fingerprint density at radius 3 is 2.72 bits per heavy atom. The lowest BCUT2D eigenvalue weighted by molar-refractivity contribution is -0.121. The number of benzene rings is 2. The molecule has 0 atom stereocenters. The first-order valence-corrected chi connectivity index (χ1v) is 8.53. The van der Waals surface area contributed by atoms with Gasteiger partial charge in [0, 0.05) is 41.2 Å². The predicted molar refractivity (Wildman–Crippen MR) is 99.9 cm³/mol. The van der Waals surface area contributed by atoms with Gasteiger partial charge in [-0.2, -0.15) is 0 Å². The molecule has 128 valence electrons.